The topological polar surface area (TPSA) is 29.5 Å². The first-order valence-electron chi connectivity index (χ1n) is 5.92. The minimum atomic E-state index is -4.86. The molecule has 0 aliphatic rings. The van der Waals surface area contributed by atoms with Crippen LogP contribution in [0.2, 0.25) is 0 Å². The zero-order chi connectivity index (χ0) is 16.2. The van der Waals surface area contributed by atoms with Gasteiger partial charge in [0.1, 0.15) is 5.82 Å². The van der Waals surface area contributed by atoms with Gasteiger partial charge in [-0.05, 0) is 18.2 Å². The molecule has 0 N–H and O–H groups in total. The molecule has 0 aromatic heterocycles. The van der Waals surface area contributed by atoms with Crippen LogP contribution in [0, 0.1) is 5.82 Å². The summed E-state index contributed by atoms with van der Waals surface area (Å²) in [4.78, 5) is 13.2. The average molecular weight is 328 g/mol. The average Bonchev–Trinajstić information content (AvgIpc) is 2.37. The van der Waals surface area contributed by atoms with E-state index in [1.165, 1.54) is 14.2 Å². The van der Waals surface area contributed by atoms with Crippen molar-refractivity contribution in [3.8, 4) is 0 Å². The van der Waals surface area contributed by atoms with Crippen LogP contribution in [0.1, 0.15) is 15.9 Å². The summed E-state index contributed by atoms with van der Waals surface area (Å²) in [6.07, 6.45) is -4.86. The Morgan fingerprint density at radius 2 is 2.05 bits per heavy atom. The summed E-state index contributed by atoms with van der Waals surface area (Å²) in [5.74, 6) is -2.10. The fourth-order valence-corrected chi connectivity index (χ4v) is 2.04. The number of hydrogen-bond acceptors (Lipinski definition) is 2. The van der Waals surface area contributed by atoms with Gasteiger partial charge in [-0.2, -0.15) is 13.2 Å². The van der Waals surface area contributed by atoms with Gasteiger partial charge in [0.2, 0.25) is 0 Å². The second kappa shape index (κ2) is 7.09. The normalized spacial score (nSPS) is 13.1. The Labute approximate surface area is 124 Å². The zero-order valence-electron chi connectivity index (χ0n) is 11.4. The molecule has 1 amide bonds. The molecule has 1 rings (SSSR count). The SMILES string of the molecule is COCC(Cl)CN(C)C(=O)c1ccc(F)c(C(F)(F)F)c1. The van der Waals surface area contributed by atoms with Gasteiger partial charge in [0.25, 0.3) is 5.91 Å². The molecular formula is C13H14ClF4NO2. The van der Waals surface area contributed by atoms with Crippen LogP contribution in [-0.4, -0.2) is 43.5 Å². The molecule has 0 aliphatic heterocycles. The van der Waals surface area contributed by atoms with E-state index in [1.54, 1.807) is 0 Å². The third kappa shape index (κ3) is 4.86. The fourth-order valence-electron chi connectivity index (χ4n) is 1.71. The zero-order valence-corrected chi connectivity index (χ0v) is 12.1. The molecule has 8 heteroatoms. The second-order valence-corrected chi connectivity index (χ2v) is 5.05. The molecule has 0 radical (unpaired) electrons. The van der Waals surface area contributed by atoms with Crippen molar-refractivity contribution in [2.75, 3.05) is 27.3 Å². The molecule has 0 spiro atoms. The maximum atomic E-state index is 13.2. The van der Waals surface area contributed by atoms with Crippen LogP contribution in [0.15, 0.2) is 18.2 Å². The van der Waals surface area contributed by atoms with Gasteiger partial charge in [0.15, 0.2) is 0 Å². The quantitative estimate of drug-likeness (QED) is 0.614. The number of carbonyl (C=O) groups excluding carboxylic acids is 1. The fraction of sp³-hybridized carbons (Fsp3) is 0.462. The summed E-state index contributed by atoms with van der Waals surface area (Å²) in [5, 5.41) is -0.494. The van der Waals surface area contributed by atoms with E-state index >= 15 is 0 Å². The Bertz CT molecular complexity index is 507. The molecule has 1 aromatic carbocycles. The maximum Gasteiger partial charge on any atom is 0.419 e. The molecule has 1 aromatic rings. The highest BCUT2D eigenvalue weighted by atomic mass is 35.5. The monoisotopic (exact) mass is 327 g/mol. The van der Waals surface area contributed by atoms with Crippen molar-refractivity contribution in [3.05, 3.63) is 35.1 Å². The molecular weight excluding hydrogens is 314 g/mol. The second-order valence-electron chi connectivity index (χ2n) is 4.43. The maximum absolute atomic E-state index is 13.2. The summed E-state index contributed by atoms with van der Waals surface area (Å²) in [7, 11) is 2.83. The minimum Gasteiger partial charge on any atom is -0.383 e. The lowest BCUT2D eigenvalue weighted by molar-refractivity contribution is -0.140. The molecule has 0 fully saturated rings. The van der Waals surface area contributed by atoms with Crippen LogP contribution in [-0.2, 0) is 10.9 Å². The predicted molar refractivity (Wildman–Crippen MR) is 69.9 cm³/mol. The van der Waals surface area contributed by atoms with Gasteiger partial charge in [0, 0.05) is 26.3 Å². The first-order valence-corrected chi connectivity index (χ1v) is 6.35. The molecule has 0 bridgehead atoms. The number of methoxy groups -OCH3 is 1. The number of alkyl halides is 4. The molecule has 0 heterocycles. The number of carbonyl (C=O) groups is 1. The minimum absolute atomic E-state index is 0.0902. The summed E-state index contributed by atoms with van der Waals surface area (Å²) < 4.78 is 55.8. The van der Waals surface area contributed by atoms with Crippen molar-refractivity contribution in [1.82, 2.24) is 4.90 Å². The number of benzene rings is 1. The molecule has 0 saturated carbocycles. The lowest BCUT2D eigenvalue weighted by Crippen LogP contribution is -2.34. The molecule has 118 valence electrons. The van der Waals surface area contributed by atoms with E-state index in [-0.39, 0.29) is 18.7 Å². The Morgan fingerprint density at radius 3 is 2.57 bits per heavy atom. The van der Waals surface area contributed by atoms with Gasteiger partial charge in [-0.3, -0.25) is 4.79 Å². The molecule has 1 atom stereocenters. The van der Waals surface area contributed by atoms with Gasteiger partial charge in [0.05, 0.1) is 17.5 Å². The van der Waals surface area contributed by atoms with Crippen molar-refractivity contribution in [1.29, 1.82) is 0 Å². The van der Waals surface area contributed by atoms with Crippen LogP contribution in [0.25, 0.3) is 0 Å². The third-order valence-corrected chi connectivity index (χ3v) is 2.95. The Kier molecular flexibility index (Phi) is 5.98. The van der Waals surface area contributed by atoms with E-state index in [0.29, 0.717) is 12.1 Å². The summed E-state index contributed by atoms with van der Waals surface area (Å²) in [5.41, 5.74) is -1.73. The van der Waals surface area contributed by atoms with Gasteiger partial charge in [-0.15, -0.1) is 11.6 Å². The smallest absolute Gasteiger partial charge is 0.383 e. The molecule has 0 saturated heterocycles. The van der Waals surface area contributed by atoms with Crippen LogP contribution >= 0.6 is 11.6 Å². The number of hydrogen-bond donors (Lipinski definition) is 0. The first-order chi connectivity index (χ1) is 9.66. The van der Waals surface area contributed by atoms with Crippen LogP contribution in [0.4, 0.5) is 17.6 Å². The van der Waals surface area contributed by atoms with Crippen molar-refractivity contribution in [3.63, 3.8) is 0 Å². The Morgan fingerprint density at radius 1 is 1.43 bits per heavy atom. The van der Waals surface area contributed by atoms with E-state index in [4.69, 9.17) is 16.3 Å². The van der Waals surface area contributed by atoms with Crippen LogP contribution < -0.4 is 0 Å². The number of amides is 1. The summed E-state index contributed by atoms with van der Waals surface area (Å²) >= 11 is 5.88. The number of nitrogens with zero attached hydrogens (tertiary/aromatic N) is 1. The van der Waals surface area contributed by atoms with Gasteiger partial charge in [-0.25, -0.2) is 4.39 Å². The molecule has 21 heavy (non-hydrogen) atoms. The highest BCUT2D eigenvalue weighted by Gasteiger charge is 2.35. The third-order valence-electron chi connectivity index (χ3n) is 2.68. The van der Waals surface area contributed by atoms with E-state index < -0.39 is 28.8 Å². The molecule has 0 aliphatic carbocycles. The lowest BCUT2D eigenvalue weighted by atomic mass is 10.1. The van der Waals surface area contributed by atoms with E-state index in [9.17, 15) is 22.4 Å². The molecule has 3 nitrogen and oxygen atoms in total. The predicted octanol–water partition coefficient (Wildman–Crippen LogP) is 3.17. The van der Waals surface area contributed by atoms with E-state index in [1.807, 2.05) is 0 Å². The Balaban J connectivity index is 2.93. The van der Waals surface area contributed by atoms with E-state index in [2.05, 4.69) is 0 Å². The molecule has 1 unspecified atom stereocenters. The van der Waals surface area contributed by atoms with Gasteiger partial charge >= 0.3 is 6.18 Å². The number of ether oxygens (including phenoxy) is 1. The van der Waals surface area contributed by atoms with Crippen LogP contribution in [0.5, 0.6) is 0 Å². The number of rotatable bonds is 5. The standard InChI is InChI=1S/C13H14ClF4NO2/c1-19(6-9(14)7-21-2)12(20)8-3-4-11(15)10(5-8)13(16,17)18/h3-5,9H,6-7H2,1-2H3. The number of halogens is 5. The van der Waals surface area contributed by atoms with Gasteiger partial charge in [-0.1, -0.05) is 0 Å². The largest absolute Gasteiger partial charge is 0.419 e. The van der Waals surface area contributed by atoms with Crippen molar-refractivity contribution >= 4 is 17.5 Å². The highest BCUT2D eigenvalue weighted by Crippen LogP contribution is 2.32. The van der Waals surface area contributed by atoms with Crippen molar-refractivity contribution in [2.45, 2.75) is 11.6 Å². The Hall–Kier alpha value is -1.34. The van der Waals surface area contributed by atoms with Gasteiger partial charge < -0.3 is 9.64 Å². The summed E-state index contributed by atoms with van der Waals surface area (Å²) in [6, 6.07) is 2.12. The van der Waals surface area contributed by atoms with Crippen molar-refractivity contribution in [2.24, 2.45) is 0 Å². The highest BCUT2D eigenvalue weighted by molar-refractivity contribution is 6.21. The van der Waals surface area contributed by atoms with Crippen LogP contribution in [0.3, 0.4) is 0 Å². The van der Waals surface area contributed by atoms with E-state index in [0.717, 1.165) is 11.0 Å². The summed E-state index contributed by atoms with van der Waals surface area (Å²) in [6.45, 7) is 0.281. The van der Waals surface area contributed by atoms with Crippen molar-refractivity contribution < 1.29 is 27.1 Å². The lowest BCUT2D eigenvalue weighted by Gasteiger charge is -2.20. The first kappa shape index (κ1) is 17.7.